The third-order valence-corrected chi connectivity index (χ3v) is 9.05. The van der Waals surface area contributed by atoms with E-state index in [4.69, 9.17) is 30.9 Å². The van der Waals surface area contributed by atoms with Crippen LogP contribution < -0.4 is 11.2 Å². The van der Waals surface area contributed by atoms with Gasteiger partial charge in [0, 0.05) is 18.2 Å². The van der Waals surface area contributed by atoms with Gasteiger partial charge >= 0.3 is 26.9 Å². The summed E-state index contributed by atoms with van der Waals surface area (Å²) in [7, 11) is -5.23. The average molecular weight is 512 g/mol. The van der Waals surface area contributed by atoms with Gasteiger partial charge in [0.15, 0.2) is 0 Å². The molecule has 1 fully saturated rings. The molecule has 2 unspecified atom stereocenters. The molecule has 0 aliphatic carbocycles. The van der Waals surface area contributed by atoms with Crippen molar-refractivity contribution >= 4 is 44.9 Å². The number of hydrogen-bond acceptors (Lipinski definition) is 9. The van der Waals surface area contributed by atoms with Crippen LogP contribution >= 0.6 is 21.3 Å². The van der Waals surface area contributed by atoms with Crippen molar-refractivity contribution in [1.82, 2.24) is 9.55 Å². The second-order valence-corrected chi connectivity index (χ2v) is 13.2. The zero-order valence-electron chi connectivity index (χ0n) is 15.0. The number of nitrogens with zero attached hydrogens (tertiary/aromatic N) is 1. The van der Waals surface area contributed by atoms with E-state index < -0.39 is 50.9 Å². The van der Waals surface area contributed by atoms with Gasteiger partial charge < -0.3 is 28.8 Å². The highest BCUT2D eigenvalue weighted by Crippen LogP contribution is 2.67. The molecule has 1 aromatic heterocycles. The molecule has 2 rings (SSSR count). The standard InChI is InChI=1S/C11H19N2O11P3S2/c1-3-7-8(22-27(20,29)24-25(16,17)23-26(18,19)28)4-9(21-7)13-5-6(2)10(14)12-11(13)15/h5,7-9H,3-4H2,1-2H3,(H,16,17)(H,20,29)(H,12,14,15)(H2,18,19,28)/t7-,8+,9-,27?/m1/s1. The number of ether oxygens (including phenoxy) is 1. The molecule has 0 bridgehead atoms. The smallest absolute Gasteiger partial charge is 0.352 e. The van der Waals surface area contributed by atoms with E-state index in [1.54, 1.807) is 6.92 Å². The molecule has 1 aromatic rings. The van der Waals surface area contributed by atoms with E-state index in [1.807, 2.05) is 0 Å². The molecular formula is C11H19N2O11P3S2. The quantitative estimate of drug-likeness (QED) is 0.303. The predicted octanol–water partition coefficient (Wildman–Crippen LogP) is 0.487. The number of aromatic nitrogens is 2. The van der Waals surface area contributed by atoms with Crippen molar-refractivity contribution in [1.29, 1.82) is 0 Å². The molecule has 18 heteroatoms. The van der Waals surface area contributed by atoms with Crippen molar-refractivity contribution in [2.24, 2.45) is 0 Å². The van der Waals surface area contributed by atoms with E-state index >= 15 is 0 Å². The highest BCUT2D eigenvalue weighted by molar-refractivity contribution is 8.10. The minimum Gasteiger partial charge on any atom is -0.352 e. The Morgan fingerprint density at radius 3 is 2.45 bits per heavy atom. The maximum Gasteiger partial charge on any atom is 0.486 e. The van der Waals surface area contributed by atoms with Gasteiger partial charge in [0.25, 0.3) is 5.56 Å². The molecule has 1 saturated heterocycles. The van der Waals surface area contributed by atoms with Gasteiger partial charge in [-0.25, -0.2) is 18.0 Å². The first kappa shape index (κ1) is 25.2. The van der Waals surface area contributed by atoms with Crippen molar-refractivity contribution in [2.45, 2.75) is 45.1 Å². The zero-order valence-corrected chi connectivity index (χ0v) is 19.3. The minimum atomic E-state index is -5.23. The summed E-state index contributed by atoms with van der Waals surface area (Å²) in [6, 6.07) is 0. The number of H-pyrrole nitrogens is 1. The van der Waals surface area contributed by atoms with Gasteiger partial charge in [0.1, 0.15) is 6.23 Å². The van der Waals surface area contributed by atoms with Crippen LogP contribution in [0.3, 0.4) is 0 Å². The van der Waals surface area contributed by atoms with Crippen LogP contribution in [-0.2, 0) is 46.1 Å². The summed E-state index contributed by atoms with van der Waals surface area (Å²) >= 11 is 8.76. The van der Waals surface area contributed by atoms with Crippen molar-refractivity contribution in [3.63, 3.8) is 0 Å². The van der Waals surface area contributed by atoms with Crippen molar-refractivity contribution in [2.75, 3.05) is 0 Å². The van der Waals surface area contributed by atoms with Gasteiger partial charge in [-0.05, 0) is 37.0 Å². The number of aryl methyl sites for hydroxylation is 1. The van der Waals surface area contributed by atoms with Gasteiger partial charge in [-0.2, -0.15) is 0 Å². The van der Waals surface area contributed by atoms with Crippen LogP contribution in [0.25, 0.3) is 0 Å². The zero-order chi connectivity index (χ0) is 22.2. The third kappa shape index (κ3) is 7.22. The van der Waals surface area contributed by atoms with Crippen LogP contribution in [0, 0.1) is 6.92 Å². The molecule has 0 radical (unpaired) electrons. The lowest BCUT2D eigenvalue weighted by Gasteiger charge is -2.24. The van der Waals surface area contributed by atoms with Crippen molar-refractivity contribution < 1.29 is 42.0 Å². The summed E-state index contributed by atoms with van der Waals surface area (Å²) in [6.45, 7) is -5.79. The van der Waals surface area contributed by atoms with E-state index in [0.717, 1.165) is 4.57 Å². The number of hydrogen-bond donors (Lipinski definition) is 5. The SMILES string of the molecule is CC[C@H]1O[C@@H](n2cc(C)c(=O)[nH]c2=O)C[C@@H]1OP(O)(=S)OP(=O)(O)OP(O)(O)=S. The Kier molecular flexibility index (Phi) is 7.96. The Bertz CT molecular complexity index is 1020. The predicted molar refractivity (Wildman–Crippen MR) is 107 cm³/mol. The average Bonchev–Trinajstić information content (AvgIpc) is 2.88. The maximum absolute atomic E-state index is 12.0. The Labute approximate surface area is 174 Å². The number of aromatic amines is 1. The fourth-order valence-corrected chi connectivity index (χ4v) is 7.69. The third-order valence-electron chi connectivity index (χ3n) is 3.72. The van der Waals surface area contributed by atoms with Crippen LogP contribution in [-0.4, -0.2) is 41.3 Å². The Morgan fingerprint density at radius 1 is 1.28 bits per heavy atom. The molecule has 1 aliphatic heterocycles. The first-order valence-corrected chi connectivity index (χ1v) is 14.6. The van der Waals surface area contributed by atoms with Gasteiger partial charge in [0.05, 0.1) is 12.2 Å². The number of nitrogens with one attached hydrogen (secondary N) is 1. The Hall–Kier alpha value is -0.110. The lowest BCUT2D eigenvalue weighted by Crippen LogP contribution is -2.33. The Balaban J connectivity index is 2.18. The van der Waals surface area contributed by atoms with E-state index in [0.29, 0.717) is 6.42 Å². The lowest BCUT2D eigenvalue weighted by molar-refractivity contribution is -0.0195. The summed E-state index contributed by atoms with van der Waals surface area (Å²) in [4.78, 5) is 63.2. The summed E-state index contributed by atoms with van der Waals surface area (Å²) in [5.41, 5.74) is -0.996. The molecule has 1 aliphatic rings. The van der Waals surface area contributed by atoms with Crippen molar-refractivity contribution in [3.05, 3.63) is 32.6 Å². The van der Waals surface area contributed by atoms with E-state index in [-0.39, 0.29) is 12.0 Å². The molecule has 0 aromatic carbocycles. The summed E-state index contributed by atoms with van der Waals surface area (Å²) < 4.78 is 32.1. The topological polar surface area (TPSA) is 190 Å². The Morgan fingerprint density at radius 2 is 1.90 bits per heavy atom. The molecule has 29 heavy (non-hydrogen) atoms. The van der Waals surface area contributed by atoms with Crippen LogP contribution in [0.5, 0.6) is 0 Å². The monoisotopic (exact) mass is 512 g/mol. The van der Waals surface area contributed by atoms with Gasteiger partial charge in [-0.15, -0.1) is 0 Å². The normalized spacial score (nSPS) is 26.8. The van der Waals surface area contributed by atoms with E-state index in [1.165, 1.54) is 13.1 Å². The van der Waals surface area contributed by atoms with Crippen LogP contribution in [0.4, 0.5) is 0 Å². The molecular weight excluding hydrogens is 493 g/mol. The first-order valence-electron chi connectivity index (χ1n) is 7.92. The molecule has 2 heterocycles. The lowest BCUT2D eigenvalue weighted by atomic mass is 10.1. The number of rotatable bonds is 8. The van der Waals surface area contributed by atoms with Crippen LogP contribution in [0.1, 0.15) is 31.6 Å². The van der Waals surface area contributed by atoms with Crippen molar-refractivity contribution in [3.8, 4) is 0 Å². The molecule has 0 amide bonds. The largest absolute Gasteiger partial charge is 0.486 e. The highest BCUT2D eigenvalue weighted by Gasteiger charge is 2.43. The fraction of sp³-hybridized carbons (Fsp3) is 0.636. The number of phosphoric acid groups is 1. The van der Waals surface area contributed by atoms with E-state index in [9.17, 15) is 23.9 Å². The molecule has 166 valence electrons. The van der Waals surface area contributed by atoms with Crippen LogP contribution in [0.2, 0.25) is 0 Å². The summed E-state index contributed by atoms with van der Waals surface area (Å²) in [5, 5.41) is 0. The molecule has 5 atom stereocenters. The summed E-state index contributed by atoms with van der Waals surface area (Å²) in [5.74, 6) is 0. The van der Waals surface area contributed by atoms with Crippen LogP contribution in [0.15, 0.2) is 15.8 Å². The van der Waals surface area contributed by atoms with Gasteiger partial charge in [0.2, 0.25) is 0 Å². The molecule has 0 saturated carbocycles. The highest BCUT2D eigenvalue weighted by atomic mass is 32.5. The molecule has 5 N–H and O–H groups in total. The van der Waals surface area contributed by atoms with E-state index in [2.05, 4.69) is 25.4 Å². The summed E-state index contributed by atoms with van der Waals surface area (Å²) in [6.07, 6.45) is -0.863. The maximum atomic E-state index is 12.0. The van der Waals surface area contributed by atoms with Gasteiger partial charge in [-0.1, -0.05) is 6.92 Å². The van der Waals surface area contributed by atoms with Gasteiger partial charge in [-0.3, -0.25) is 14.3 Å². The fourth-order valence-electron chi connectivity index (χ4n) is 2.61. The first-order chi connectivity index (χ1) is 13.1. The molecule has 0 spiro atoms. The minimum absolute atomic E-state index is 0.0131. The molecule has 13 nitrogen and oxygen atoms in total. The second kappa shape index (κ2) is 9.17. The second-order valence-electron chi connectivity index (χ2n) is 5.99.